The van der Waals surface area contributed by atoms with Gasteiger partial charge in [0.1, 0.15) is 0 Å². The van der Waals surface area contributed by atoms with Crippen LogP contribution in [0.2, 0.25) is 0 Å². The van der Waals surface area contributed by atoms with Gasteiger partial charge in [0.05, 0.1) is 17.8 Å². The maximum absolute atomic E-state index is 12.0. The van der Waals surface area contributed by atoms with Gasteiger partial charge in [-0.25, -0.2) is 10.3 Å². The molecule has 0 aliphatic carbocycles. The highest BCUT2D eigenvalue weighted by atomic mass is 16.7. The van der Waals surface area contributed by atoms with E-state index >= 15 is 0 Å². The van der Waals surface area contributed by atoms with Crippen LogP contribution in [0.25, 0.3) is 0 Å². The summed E-state index contributed by atoms with van der Waals surface area (Å²) in [6.07, 6.45) is 0.173. The first-order valence-corrected chi connectivity index (χ1v) is 8.51. The molecule has 1 amide bonds. The summed E-state index contributed by atoms with van der Waals surface area (Å²) in [7, 11) is 0. The summed E-state index contributed by atoms with van der Waals surface area (Å²) in [4.78, 5) is 28.8. The Balaban J connectivity index is 1.52. The molecule has 0 aliphatic heterocycles. The molecule has 0 fully saturated rings. The first-order chi connectivity index (χ1) is 13.6. The van der Waals surface area contributed by atoms with Gasteiger partial charge in [-0.15, -0.1) is 10.2 Å². The number of carbonyl (C=O) groups is 2. The fraction of sp³-hybridized carbons (Fsp3) is 0.0476. The number of anilines is 2. The molecule has 7 heteroatoms. The lowest BCUT2D eigenvalue weighted by Gasteiger charge is -2.07. The quantitative estimate of drug-likeness (QED) is 0.380. The predicted molar refractivity (Wildman–Crippen MR) is 106 cm³/mol. The SMILES string of the molecule is Nc1cccc(C(=O)N=Nc2ccc(NOC(=O)Cc3ccccc3)cc2)c1. The van der Waals surface area contributed by atoms with Crippen LogP contribution in [-0.2, 0) is 16.1 Å². The minimum Gasteiger partial charge on any atom is -0.399 e. The molecule has 0 saturated heterocycles. The third-order valence-electron chi connectivity index (χ3n) is 3.73. The number of azo groups is 1. The van der Waals surface area contributed by atoms with Crippen LogP contribution in [0.4, 0.5) is 17.1 Å². The van der Waals surface area contributed by atoms with Crippen molar-refractivity contribution in [2.24, 2.45) is 10.2 Å². The van der Waals surface area contributed by atoms with Gasteiger partial charge in [0.2, 0.25) is 0 Å². The van der Waals surface area contributed by atoms with Gasteiger partial charge < -0.3 is 10.6 Å². The zero-order valence-corrected chi connectivity index (χ0v) is 14.9. The minimum absolute atomic E-state index is 0.173. The second-order valence-electron chi connectivity index (χ2n) is 5.92. The highest BCUT2D eigenvalue weighted by molar-refractivity contribution is 5.95. The van der Waals surface area contributed by atoms with Gasteiger partial charge in [0.25, 0.3) is 5.91 Å². The molecule has 28 heavy (non-hydrogen) atoms. The smallest absolute Gasteiger partial charge is 0.336 e. The van der Waals surface area contributed by atoms with E-state index in [1.54, 1.807) is 42.5 Å². The molecule has 3 rings (SSSR count). The molecule has 0 radical (unpaired) electrons. The van der Waals surface area contributed by atoms with E-state index in [9.17, 15) is 9.59 Å². The Morgan fingerprint density at radius 1 is 0.929 bits per heavy atom. The fourth-order valence-corrected chi connectivity index (χ4v) is 2.34. The van der Waals surface area contributed by atoms with Crippen molar-refractivity contribution < 1.29 is 14.4 Å². The normalized spacial score (nSPS) is 10.6. The maximum Gasteiger partial charge on any atom is 0.336 e. The zero-order valence-electron chi connectivity index (χ0n) is 14.9. The number of nitrogens with zero attached hydrogens (tertiary/aromatic N) is 2. The monoisotopic (exact) mass is 374 g/mol. The second kappa shape index (κ2) is 9.09. The van der Waals surface area contributed by atoms with E-state index in [2.05, 4.69) is 15.7 Å². The average Bonchev–Trinajstić information content (AvgIpc) is 2.72. The molecular weight excluding hydrogens is 356 g/mol. The Kier molecular flexibility index (Phi) is 6.10. The molecule has 0 spiro atoms. The van der Waals surface area contributed by atoms with E-state index in [1.165, 1.54) is 6.07 Å². The standard InChI is InChI=1S/C21H18N4O3/c22-17-8-4-7-16(14-17)21(27)24-23-18-9-11-19(12-10-18)25-28-20(26)13-15-5-2-1-3-6-15/h1-12,14,25H,13,22H2. The summed E-state index contributed by atoms with van der Waals surface area (Å²) < 4.78 is 0. The Morgan fingerprint density at radius 3 is 2.39 bits per heavy atom. The summed E-state index contributed by atoms with van der Waals surface area (Å²) >= 11 is 0. The molecule has 3 aromatic rings. The topological polar surface area (TPSA) is 106 Å². The Hall–Kier alpha value is -4.00. The van der Waals surface area contributed by atoms with Crippen LogP contribution in [-0.4, -0.2) is 11.9 Å². The number of hydrogen-bond acceptors (Lipinski definition) is 6. The third kappa shape index (κ3) is 5.50. The number of amides is 1. The number of nitrogens with two attached hydrogens (primary N) is 1. The van der Waals surface area contributed by atoms with Gasteiger partial charge in [-0.3, -0.25) is 4.79 Å². The molecule has 140 valence electrons. The van der Waals surface area contributed by atoms with E-state index in [0.717, 1.165) is 5.56 Å². The molecule has 0 unspecified atom stereocenters. The number of nitrogen functional groups attached to an aromatic ring is 1. The van der Waals surface area contributed by atoms with Crippen LogP contribution < -0.4 is 11.2 Å². The molecule has 0 aromatic heterocycles. The van der Waals surface area contributed by atoms with Crippen LogP contribution in [0.5, 0.6) is 0 Å². The fourth-order valence-electron chi connectivity index (χ4n) is 2.34. The highest BCUT2D eigenvalue weighted by Crippen LogP contribution is 2.18. The lowest BCUT2D eigenvalue weighted by Crippen LogP contribution is -2.12. The van der Waals surface area contributed by atoms with Crippen LogP contribution in [0.3, 0.4) is 0 Å². The number of carbonyl (C=O) groups excluding carboxylic acids is 2. The second-order valence-corrected chi connectivity index (χ2v) is 5.92. The molecule has 0 aliphatic rings. The van der Waals surface area contributed by atoms with Crippen molar-refractivity contribution in [2.75, 3.05) is 11.2 Å². The predicted octanol–water partition coefficient (Wildman–Crippen LogP) is 4.31. The number of benzene rings is 3. The minimum atomic E-state index is -0.482. The molecule has 3 N–H and O–H groups in total. The van der Waals surface area contributed by atoms with Crippen molar-refractivity contribution in [3.63, 3.8) is 0 Å². The Labute approximate surface area is 161 Å². The molecule has 0 heterocycles. The van der Waals surface area contributed by atoms with Gasteiger partial charge in [0, 0.05) is 11.3 Å². The van der Waals surface area contributed by atoms with Crippen molar-refractivity contribution in [3.8, 4) is 0 Å². The van der Waals surface area contributed by atoms with Crippen molar-refractivity contribution in [2.45, 2.75) is 6.42 Å². The lowest BCUT2D eigenvalue weighted by molar-refractivity contribution is -0.139. The summed E-state index contributed by atoms with van der Waals surface area (Å²) in [6.45, 7) is 0. The van der Waals surface area contributed by atoms with Crippen molar-refractivity contribution in [1.29, 1.82) is 0 Å². The Morgan fingerprint density at radius 2 is 1.68 bits per heavy atom. The third-order valence-corrected chi connectivity index (χ3v) is 3.73. The number of nitrogens with one attached hydrogen (secondary N) is 1. The summed E-state index contributed by atoms with van der Waals surface area (Å²) in [5.41, 5.74) is 11.0. The van der Waals surface area contributed by atoms with Crippen LogP contribution in [0.1, 0.15) is 15.9 Å². The van der Waals surface area contributed by atoms with Crippen LogP contribution in [0.15, 0.2) is 89.1 Å². The summed E-state index contributed by atoms with van der Waals surface area (Å²) in [5, 5.41) is 7.58. The van der Waals surface area contributed by atoms with E-state index < -0.39 is 11.9 Å². The number of hydrogen-bond donors (Lipinski definition) is 2. The van der Waals surface area contributed by atoms with Crippen LogP contribution >= 0.6 is 0 Å². The van der Waals surface area contributed by atoms with E-state index in [0.29, 0.717) is 22.6 Å². The van der Waals surface area contributed by atoms with Gasteiger partial charge >= 0.3 is 5.97 Å². The summed E-state index contributed by atoms with van der Waals surface area (Å²) in [6, 6.07) is 22.4. The lowest BCUT2D eigenvalue weighted by atomic mass is 10.2. The molecular formula is C21H18N4O3. The van der Waals surface area contributed by atoms with E-state index in [4.69, 9.17) is 10.6 Å². The van der Waals surface area contributed by atoms with Crippen molar-refractivity contribution >= 4 is 28.9 Å². The van der Waals surface area contributed by atoms with E-state index in [-0.39, 0.29) is 6.42 Å². The van der Waals surface area contributed by atoms with E-state index in [1.807, 2.05) is 30.3 Å². The van der Waals surface area contributed by atoms with Gasteiger partial charge in [-0.2, -0.15) is 0 Å². The highest BCUT2D eigenvalue weighted by Gasteiger charge is 2.06. The first-order valence-electron chi connectivity index (χ1n) is 8.51. The molecule has 3 aromatic carbocycles. The van der Waals surface area contributed by atoms with Crippen molar-refractivity contribution in [1.82, 2.24) is 0 Å². The molecule has 7 nitrogen and oxygen atoms in total. The van der Waals surface area contributed by atoms with Gasteiger partial charge in [-0.05, 0) is 48.0 Å². The van der Waals surface area contributed by atoms with Gasteiger partial charge in [-0.1, -0.05) is 36.4 Å². The van der Waals surface area contributed by atoms with Gasteiger partial charge in [0.15, 0.2) is 0 Å². The molecule has 0 bridgehead atoms. The zero-order chi connectivity index (χ0) is 19.8. The maximum atomic E-state index is 12.0. The van der Waals surface area contributed by atoms with Crippen molar-refractivity contribution in [3.05, 3.63) is 90.0 Å². The number of rotatable bonds is 6. The Bertz CT molecular complexity index is 986. The summed E-state index contributed by atoms with van der Waals surface area (Å²) in [5.74, 6) is -0.882. The largest absolute Gasteiger partial charge is 0.399 e. The molecule has 0 atom stereocenters. The average molecular weight is 374 g/mol. The van der Waals surface area contributed by atoms with Crippen LogP contribution in [0, 0.1) is 0 Å². The first kappa shape index (κ1) is 18.8. The molecule has 0 saturated carbocycles.